The van der Waals surface area contributed by atoms with Crippen LogP contribution in [0.25, 0.3) is 0 Å². The van der Waals surface area contributed by atoms with Gasteiger partial charge in [-0.25, -0.2) is 9.59 Å². The molecule has 0 amide bonds. The number of aliphatic hydroxyl groups is 1. The molecule has 1 aromatic heterocycles. The van der Waals surface area contributed by atoms with Crippen LogP contribution < -0.4 is 0 Å². The van der Waals surface area contributed by atoms with Gasteiger partial charge in [0, 0.05) is 19.7 Å². The molecule has 1 N–H and O–H groups in total. The predicted molar refractivity (Wildman–Crippen MR) is 58.5 cm³/mol. The SMILES string of the molecule is COC(=O)c1cc(CC(O)C(=O)OC)cn1C. The summed E-state index contributed by atoms with van der Waals surface area (Å²) < 4.78 is 10.6. The molecule has 0 bridgehead atoms. The Labute approximate surface area is 98.7 Å². The van der Waals surface area contributed by atoms with Crippen molar-refractivity contribution >= 4 is 11.9 Å². The van der Waals surface area contributed by atoms with E-state index in [0.717, 1.165) is 0 Å². The summed E-state index contributed by atoms with van der Waals surface area (Å²) in [7, 11) is 4.18. The molecule has 0 aliphatic rings. The van der Waals surface area contributed by atoms with E-state index in [1.165, 1.54) is 14.2 Å². The van der Waals surface area contributed by atoms with Crippen molar-refractivity contribution in [1.29, 1.82) is 0 Å². The van der Waals surface area contributed by atoms with Gasteiger partial charge in [0.05, 0.1) is 14.2 Å². The second-order valence-corrected chi connectivity index (χ2v) is 3.58. The molecule has 0 fully saturated rings. The summed E-state index contributed by atoms with van der Waals surface area (Å²) in [5, 5.41) is 9.47. The Morgan fingerprint density at radius 2 is 2.06 bits per heavy atom. The van der Waals surface area contributed by atoms with E-state index >= 15 is 0 Å². The van der Waals surface area contributed by atoms with Gasteiger partial charge in [-0.2, -0.15) is 0 Å². The highest BCUT2D eigenvalue weighted by molar-refractivity contribution is 5.88. The van der Waals surface area contributed by atoms with E-state index in [0.29, 0.717) is 11.3 Å². The first-order valence-corrected chi connectivity index (χ1v) is 4.99. The molecule has 1 aromatic rings. The predicted octanol–water partition coefficient (Wildman–Crippen LogP) is -0.112. The average Bonchev–Trinajstić information content (AvgIpc) is 2.67. The summed E-state index contributed by atoms with van der Waals surface area (Å²) >= 11 is 0. The molecule has 17 heavy (non-hydrogen) atoms. The van der Waals surface area contributed by atoms with Crippen LogP contribution in [0.1, 0.15) is 16.1 Å². The van der Waals surface area contributed by atoms with Crippen LogP contribution in [0.4, 0.5) is 0 Å². The number of aryl methyl sites for hydroxylation is 1. The standard InChI is InChI=1S/C11H15NO5/c1-12-6-7(4-8(12)10(14)16-2)5-9(13)11(15)17-3/h4,6,9,13H,5H2,1-3H3. The summed E-state index contributed by atoms with van der Waals surface area (Å²) in [6.45, 7) is 0. The van der Waals surface area contributed by atoms with Crippen LogP contribution in [0, 0.1) is 0 Å². The molecule has 0 spiro atoms. The molecule has 1 atom stereocenters. The number of hydrogen-bond acceptors (Lipinski definition) is 5. The van der Waals surface area contributed by atoms with Gasteiger partial charge in [-0.05, 0) is 11.6 Å². The van der Waals surface area contributed by atoms with Gasteiger partial charge in [0.25, 0.3) is 0 Å². The van der Waals surface area contributed by atoms with Crippen LogP contribution >= 0.6 is 0 Å². The lowest BCUT2D eigenvalue weighted by Crippen LogP contribution is -2.23. The second-order valence-electron chi connectivity index (χ2n) is 3.58. The van der Waals surface area contributed by atoms with Crippen LogP contribution in [-0.2, 0) is 27.7 Å². The molecule has 94 valence electrons. The van der Waals surface area contributed by atoms with Crippen molar-refractivity contribution < 1.29 is 24.2 Å². The average molecular weight is 241 g/mol. The van der Waals surface area contributed by atoms with Crippen molar-refractivity contribution in [2.45, 2.75) is 12.5 Å². The number of esters is 2. The first-order chi connectivity index (χ1) is 7.99. The minimum atomic E-state index is -1.23. The van der Waals surface area contributed by atoms with Crippen LogP contribution in [0.5, 0.6) is 0 Å². The number of aliphatic hydroxyl groups excluding tert-OH is 1. The summed E-state index contributed by atoms with van der Waals surface area (Å²) in [6, 6.07) is 1.57. The summed E-state index contributed by atoms with van der Waals surface area (Å²) in [6.07, 6.45) is 0.517. The van der Waals surface area contributed by atoms with Crippen LogP contribution in [0.3, 0.4) is 0 Å². The number of carbonyl (C=O) groups is 2. The van der Waals surface area contributed by atoms with E-state index < -0.39 is 18.0 Å². The van der Waals surface area contributed by atoms with Crippen LogP contribution in [0.2, 0.25) is 0 Å². The van der Waals surface area contributed by atoms with Crippen molar-refractivity contribution in [1.82, 2.24) is 4.57 Å². The molecular weight excluding hydrogens is 226 g/mol. The van der Waals surface area contributed by atoms with E-state index in [9.17, 15) is 14.7 Å². The summed E-state index contributed by atoms with van der Waals surface area (Å²) in [5.41, 5.74) is 1.02. The quantitative estimate of drug-likeness (QED) is 0.744. The molecule has 6 heteroatoms. The van der Waals surface area contributed by atoms with Crippen molar-refractivity contribution in [3.63, 3.8) is 0 Å². The monoisotopic (exact) mass is 241 g/mol. The lowest BCUT2D eigenvalue weighted by Gasteiger charge is -2.05. The number of nitrogens with zero attached hydrogens (tertiary/aromatic N) is 1. The van der Waals surface area contributed by atoms with E-state index in [2.05, 4.69) is 9.47 Å². The molecule has 0 saturated heterocycles. The van der Waals surface area contributed by atoms with Gasteiger partial charge in [-0.1, -0.05) is 0 Å². The number of carbonyl (C=O) groups excluding carboxylic acids is 2. The number of ether oxygens (including phenoxy) is 2. The number of hydrogen-bond donors (Lipinski definition) is 1. The molecular formula is C11H15NO5. The Hall–Kier alpha value is -1.82. The highest BCUT2D eigenvalue weighted by atomic mass is 16.5. The van der Waals surface area contributed by atoms with Gasteiger partial charge in [0.15, 0.2) is 6.10 Å². The Bertz CT molecular complexity index is 423. The maximum Gasteiger partial charge on any atom is 0.354 e. The maximum atomic E-state index is 11.3. The van der Waals surface area contributed by atoms with Crippen molar-refractivity contribution in [2.75, 3.05) is 14.2 Å². The minimum absolute atomic E-state index is 0.0947. The minimum Gasteiger partial charge on any atom is -0.467 e. The van der Waals surface area contributed by atoms with Gasteiger partial charge in [0.1, 0.15) is 5.69 Å². The van der Waals surface area contributed by atoms with Gasteiger partial charge >= 0.3 is 11.9 Å². The molecule has 1 unspecified atom stereocenters. The fourth-order valence-corrected chi connectivity index (χ4v) is 1.49. The van der Waals surface area contributed by atoms with Gasteiger partial charge in [-0.3, -0.25) is 0 Å². The Kier molecular flexibility index (Phi) is 4.28. The molecule has 0 saturated carbocycles. The zero-order valence-corrected chi connectivity index (χ0v) is 9.97. The third-order valence-corrected chi connectivity index (χ3v) is 2.36. The normalized spacial score (nSPS) is 12.0. The van der Waals surface area contributed by atoms with Crippen molar-refractivity contribution in [3.05, 3.63) is 23.5 Å². The lowest BCUT2D eigenvalue weighted by atomic mass is 10.1. The smallest absolute Gasteiger partial charge is 0.354 e. The Balaban J connectivity index is 2.80. The van der Waals surface area contributed by atoms with E-state index in [-0.39, 0.29) is 6.42 Å². The van der Waals surface area contributed by atoms with Gasteiger partial charge < -0.3 is 19.1 Å². The van der Waals surface area contributed by atoms with Gasteiger partial charge in [0.2, 0.25) is 0 Å². The zero-order chi connectivity index (χ0) is 13.0. The first kappa shape index (κ1) is 13.2. The van der Waals surface area contributed by atoms with Crippen LogP contribution in [0.15, 0.2) is 12.3 Å². The van der Waals surface area contributed by atoms with E-state index in [4.69, 9.17) is 0 Å². The fraction of sp³-hybridized carbons (Fsp3) is 0.455. The van der Waals surface area contributed by atoms with E-state index in [1.807, 2.05) is 0 Å². The summed E-state index contributed by atoms with van der Waals surface area (Å²) in [4.78, 5) is 22.4. The molecule has 6 nitrogen and oxygen atoms in total. The molecule has 0 aliphatic heterocycles. The molecule has 1 rings (SSSR count). The number of aromatic nitrogens is 1. The Morgan fingerprint density at radius 1 is 1.41 bits per heavy atom. The van der Waals surface area contributed by atoms with E-state index in [1.54, 1.807) is 23.9 Å². The largest absolute Gasteiger partial charge is 0.467 e. The molecule has 1 heterocycles. The van der Waals surface area contributed by atoms with Crippen molar-refractivity contribution in [2.24, 2.45) is 7.05 Å². The zero-order valence-electron chi connectivity index (χ0n) is 9.97. The number of methoxy groups -OCH3 is 2. The highest BCUT2D eigenvalue weighted by Crippen LogP contribution is 2.11. The molecule has 0 radical (unpaired) electrons. The third-order valence-electron chi connectivity index (χ3n) is 2.36. The highest BCUT2D eigenvalue weighted by Gasteiger charge is 2.19. The molecule has 0 aliphatic carbocycles. The first-order valence-electron chi connectivity index (χ1n) is 4.99. The lowest BCUT2D eigenvalue weighted by molar-refractivity contribution is -0.150. The van der Waals surface area contributed by atoms with Crippen molar-refractivity contribution in [3.8, 4) is 0 Å². The van der Waals surface area contributed by atoms with Gasteiger partial charge in [-0.15, -0.1) is 0 Å². The Morgan fingerprint density at radius 3 is 2.59 bits per heavy atom. The third kappa shape index (κ3) is 3.07. The fourth-order valence-electron chi connectivity index (χ4n) is 1.49. The second kappa shape index (κ2) is 5.49. The maximum absolute atomic E-state index is 11.3. The van der Waals surface area contributed by atoms with Crippen LogP contribution in [-0.4, -0.2) is 41.9 Å². The molecule has 0 aromatic carbocycles. The topological polar surface area (TPSA) is 77.8 Å². The summed E-state index contributed by atoms with van der Waals surface area (Å²) in [5.74, 6) is -1.17. The number of rotatable bonds is 4.